The third kappa shape index (κ3) is 2.10. The van der Waals surface area contributed by atoms with E-state index in [-0.39, 0.29) is 5.66 Å². The molecule has 1 aromatic carbocycles. The Bertz CT molecular complexity index is 501. The first-order valence-corrected chi connectivity index (χ1v) is 7.65. The molecule has 3 rings (SSSR count). The number of nitrogens with zero attached hydrogens (tertiary/aromatic N) is 2. The molecule has 100 valence electrons. The standard InChI is InChI=1S/C16H20N2S/c1-2-18-15(19)14(13-9-5-3-6-10-13)17-16(18)11-7-4-8-12-16/h3,5-6,9-10H,2,4,7-8,11-12H2,1H3. The second-order valence-corrected chi connectivity index (χ2v) is 5.81. The van der Waals surface area contributed by atoms with Gasteiger partial charge in [-0.15, -0.1) is 0 Å². The van der Waals surface area contributed by atoms with E-state index in [1.807, 2.05) is 6.07 Å². The van der Waals surface area contributed by atoms with Gasteiger partial charge in [0.1, 0.15) is 16.4 Å². The van der Waals surface area contributed by atoms with Crippen LogP contribution in [0.15, 0.2) is 35.3 Å². The normalized spacial score (nSPS) is 21.8. The molecule has 1 aliphatic carbocycles. The number of hydrogen-bond acceptors (Lipinski definition) is 2. The molecule has 1 heterocycles. The first-order chi connectivity index (χ1) is 9.27. The van der Waals surface area contributed by atoms with Gasteiger partial charge < -0.3 is 4.90 Å². The summed E-state index contributed by atoms with van der Waals surface area (Å²) >= 11 is 5.69. The largest absolute Gasteiger partial charge is 0.337 e. The highest BCUT2D eigenvalue weighted by Gasteiger charge is 2.44. The van der Waals surface area contributed by atoms with Gasteiger partial charge in [0.25, 0.3) is 0 Å². The lowest BCUT2D eigenvalue weighted by molar-refractivity contribution is 0.144. The zero-order valence-corrected chi connectivity index (χ0v) is 12.2. The van der Waals surface area contributed by atoms with Crippen LogP contribution in [0.3, 0.4) is 0 Å². The van der Waals surface area contributed by atoms with E-state index < -0.39 is 0 Å². The summed E-state index contributed by atoms with van der Waals surface area (Å²) in [6.07, 6.45) is 6.17. The lowest BCUT2D eigenvalue weighted by Crippen LogP contribution is -2.47. The Balaban J connectivity index is 2.01. The van der Waals surface area contributed by atoms with Crippen LogP contribution >= 0.6 is 12.2 Å². The highest BCUT2D eigenvalue weighted by molar-refractivity contribution is 7.82. The number of rotatable bonds is 2. The van der Waals surface area contributed by atoms with Crippen LogP contribution in [-0.2, 0) is 0 Å². The van der Waals surface area contributed by atoms with Gasteiger partial charge in [-0.25, -0.2) is 0 Å². The fraction of sp³-hybridized carbons (Fsp3) is 0.500. The van der Waals surface area contributed by atoms with Crippen LogP contribution in [0.5, 0.6) is 0 Å². The SMILES string of the molecule is CCN1C(=S)C(c2ccccc2)=NC12CCCCC2. The van der Waals surface area contributed by atoms with Gasteiger partial charge in [0.05, 0.1) is 0 Å². The monoisotopic (exact) mass is 272 g/mol. The smallest absolute Gasteiger partial charge is 0.133 e. The van der Waals surface area contributed by atoms with Gasteiger partial charge in [-0.1, -0.05) is 49.0 Å². The summed E-state index contributed by atoms with van der Waals surface area (Å²) in [7, 11) is 0. The van der Waals surface area contributed by atoms with Crippen molar-refractivity contribution in [2.24, 2.45) is 4.99 Å². The summed E-state index contributed by atoms with van der Waals surface area (Å²) in [5.74, 6) is 0. The molecule has 0 amide bonds. The lowest BCUT2D eigenvalue weighted by atomic mass is 9.88. The van der Waals surface area contributed by atoms with Crippen molar-refractivity contribution in [2.45, 2.75) is 44.7 Å². The maximum atomic E-state index is 5.69. The van der Waals surface area contributed by atoms with Crippen molar-refractivity contribution in [2.75, 3.05) is 6.54 Å². The van der Waals surface area contributed by atoms with Gasteiger partial charge in [0.2, 0.25) is 0 Å². The molecule has 1 fully saturated rings. The molecule has 3 heteroatoms. The molecule has 0 radical (unpaired) electrons. The molecule has 0 bridgehead atoms. The van der Waals surface area contributed by atoms with E-state index in [9.17, 15) is 0 Å². The van der Waals surface area contributed by atoms with Crippen LogP contribution < -0.4 is 0 Å². The van der Waals surface area contributed by atoms with Crippen molar-refractivity contribution in [1.29, 1.82) is 0 Å². The first-order valence-electron chi connectivity index (χ1n) is 7.24. The number of likely N-dealkylation sites (N-methyl/N-ethyl adjacent to an activating group) is 1. The van der Waals surface area contributed by atoms with Gasteiger partial charge in [-0.05, 0) is 32.6 Å². The summed E-state index contributed by atoms with van der Waals surface area (Å²) < 4.78 is 0. The molecule has 0 N–H and O–H groups in total. The van der Waals surface area contributed by atoms with E-state index in [0.717, 1.165) is 35.7 Å². The van der Waals surface area contributed by atoms with Gasteiger partial charge in [-0.3, -0.25) is 4.99 Å². The third-order valence-electron chi connectivity index (χ3n) is 4.29. The summed E-state index contributed by atoms with van der Waals surface area (Å²) in [5, 5.41) is 0. The van der Waals surface area contributed by atoms with Crippen LogP contribution in [0.25, 0.3) is 0 Å². The lowest BCUT2D eigenvalue weighted by Gasteiger charge is -2.39. The van der Waals surface area contributed by atoms with Gasteiger partial charge >= 0.3 is 0 Å². The minimum atomic E-state index is -0.0325. The summed E-state index contributed by atoms with van der Waals surface area (Å²) in [6.45, 7) is 3.14. The Morgan fingerprint density at radius 3 is 2.47 bits per heavy atom. The number of thiocarbonyl (C=S) groups is 1. The van der Waals surface area contributed by atoms with Crippen molar-refractivity contribution in [1.82, 2.24) is 4.90 Å². The van der Waals surface area contributed by atoms with Crippen LogP contribution in [0.2, 0.25) is 0 Å². The number of aliphatic imine (C=N–C) groups is 1. The molecule has 1 spiro atoms. The second kappa shape index (κ2) is 5.04. The van der Waals surface area contributed by atoms with Crippen LogP contribution in [0.1, 0.15) is 44.6 Å². The zero-order chi connectivity index (χ0) is 13.3. The maximum Gasteiger partial charge on any atom is 0.133 e. The topological polar surface area (TPSA) is 15.6 Å². The third-order valence-corrected chi connectivity index (χ3v) is 4.70. The molecule has 1 aromatic rings. The Kier molecular flexibility index (Phi) is 3.40. The van der Waals surface area contributed by atoms with Gasteiger partial charge in [0.15, 0.2) is 0 Å². The molecule has 0 atom stereocenters. The van der Waals surface area contributed by atoms with Crippen LogP contribution in [-0.4, -0.2) is 27.8 Å². The quantitative estimate of drug-likeness (QED) is 0.761. The highest BCUT2D eigenvalue weighted by atomic mass is 32.1. The highest BCUT2D eigenvalue weighted by Crippen LogP contribution is 2.39. The van der Waals surface area contributed by atoms with Crippen molar-refractivity contribution >= 4 is 22.9 Å². The molecule has 0 unspecified atom stereocenters. The van der Waals surface area contributed by atoms with E-state index in [0.29, 0.717) is 0 Å². The Labute approximate surface area is 120 Å². The Morgan fingerprint density at radius 2 is 1.84 bits per heavy atom. The molecule has 0 aromatic heterocycles. The molecule has 19 heavy (non-hydrogen) atoms. The molecule has 1 aliphatic heterocycles. The molecule has 2 aliphatic rings. The van der Waals surface area contributed by atoms with Crippen molar-refractivity contribution < 1.29 is 0 Å². The van der Waals surface area contributed by atoms with E-state index in [1.54, 1.807) is 0 Å². The number of hydrogen-bond donors (Lipinski definition) is 0. The van der Waals surface area contributed by atoms with E-state index in [2.05, 4.69) is 36.1 Å². The second-order valence-electron chi connectivity index (χ2n) is 5.42. The van der Waals surface area contributed by atoms with Crippen LogP contribution in [0, 0.1) is 0 Å². The first kappa shape index (κ1) is 12.8. The predicted octanol–water partition coefficient (Wildman–Crippen LogP) is 3.80. The predicted molar refractivity (Wildman–Crippen MR) is 83.8 cm³/mol. The minimum Gasteiger partial charge on any atom is -0.337 e. The van der Waals surface area contributed by atoms with E-state index in [1.165, 1.54) is 19.3 Å². The van der Waals surface area contributed by atoms with Crippen molar-refractivity contribution in [3.05, 3.63) is 35.9 Å². The van der Waals surface area contributed by atoms with E-state index in [4.69, 9.17) is 17.2 Å². The van der Waals surface area contributed by atoms with Crippen LogP contribution in [0.4, 0.5) is 0 Å². The van der Waals surface area contributed by atoms with E-state index >= 15 is 0 Å². The minimum absolute atomic E-state index is 0.0325. The molecular formula is C16H20N2S. The molecule has 2 nitrogen and oxygen atoms in total. The zero-order valence-electron chi connectivity index (χ0n) is 11.4. The molecule has 1 saturated carbocycles. The molecule has 0 saturated heterocycles. The summed E-state index contributed by atoms with van der Waals surface area (Å²) in [4.78, 5) is 8.38. The summed E-state index contributed by atoms with van der Waals surface area (Å²) in [5.41, 5.74) is 2.16. The maximum absolute atomic E-state index is 5.69. The Hall–Kier alpha value is -1.22. The van der Waals surface area contributed by atoms with Gasteiger partial charge in [0, 0.05) is 12.1 Å². The molecular weight excluding hydrogens is 252 g/mol. The van der Waals surface area contributed by atoms with Crippen molar-refractivity contribution in [3.63, 3.8) is 0 Å². The van der Waals surface area contributed by atoms with Crippen molar-refractivity contribution in [3.8, 4) is 0 Å². The number of benzene rings is 1. The fourth-order valence-electron chi connectivity index (χ4n) is 3.35. The summed E-state index contributed by atoms with van der Waals surface area (Å²) in [6, 6.07) is 10.4. The Morgan fingerprint density at radius 1 is 1.16 bits per heavy atom. The van der Waals surface area contributed by atoms with Gasteiger partial charge in [-0.2, -0.15) is 0 Å². The fourth-order valence-corrected chi connectivity index (χ4v) is 3.82. The average molecular weight is 272 g/mol. The average Bonchev–Trinajstić information content (AvgIpc) is 2.73.